The number of carboxylic acid groups (broad SMARTS) is 4. The Morgan fingerprint density at radius 1 is 0.610 bits per heavy atom. The number of fused-ring (bicyclic) bond motifs is 1. The van der Waals surface area contributed by atoms with Gasteiger partial charge in [0, 0.05) is 89.0 Å². The van der Waals surface area contributed by atoms with Gasteiger partial charge in [-0.2, -0.15) is 0 Å². The number of ketones is 1. The van der Waals surface area contributed by atoms with Crippen LogP contribution in [0.1, 0.15) is 68.2 Å². The highest BCUT2D eigenvalue weighted by atomic mass is 33.1. The van der Waals surface area contributed by atoms with E-state index in [1.807, 2.05) is 24.3 Å². The molecule has 7 amide bonds. The van der Waals surface area contributed by atoms with Gasteiger partial charge in [0.15, 0.2) is 11.8 Å². The van der Waals surface area contributed by atoms with E-state index < -0.39 is 163 Å². The first-order valence-corrected chi connectivity index (χ1v) is 35.5. The summed E-state index contributed by atoms with van der Waals surface area (Å²) in [6.07, 6.45) is -1.48. The number of aromatic hydroxyl groups is 1. The second-order valence-electron chi connectivity index (χ2n) is 25.0. The number of Topliss-reactive ketones (excluding diaryl/α,β-unsaturated/α-hetero) is 1. The number of nitrogens with two attached hydrogens (primary N) is 1. The fourth-order valence-corrected chi connectivity index (χ4v) is 14.0. The number of hydrogen-bond donors (Lipinski definition) is 15. The number of amides is 7. The molecule has 31 nitrogen and oxygen atoms in total. The molecule has 100 heavy (non-hydrogen) atoms. The first-order valence-electron chi connectivity index (χ1n) is 33.0. The number of nitrogens with zero attached hydrogens (tertiary/aromatic N) is 4. The molecule has 3 aliphatic rings. The molecule has 0 unspecified atom stereocenters. The van der Waals surface area contributed by atoms with E-state index in [0.29, 0.717) is 29.5 Å². The van der Waals surface area contributed by atoms with Crippen LogP contribution in [0.5, 0.6) is 5.75 Å². The summed E-state index contributed by atoms with van der Waals surface area (Å²) in [6, 6.07) is 10.4. The van der Waals surface area contributed by atoms with Crippen LogP contribution in [-0.2, 0) is 76.8 Å². The minimum atomic E-state index is -1.90. The lowest BCUT2D eigenvalue weighted by atomic mass is 9.90. The Labute approximate surface area is 586 Å². The maximum Gasteiger partial charge on any atom is 0.328 e. The number of unbranched alkanes of at least 4 members (excludes halogenated alkanes) is 1. The number of benzene rings is 3. The second-order valence-corrected chi connectivity index (χ2v) is 27.6. The number of aliphatic hydroxyl groups excluding tert-OH is 2. The van der Waals surface area contributed by atoms with Crippen molar-refractivity contribution >= 4 is 98.2 Å². The number of hydrogen-bond acceptors (Lipinski definition) is 22. The zero-order valence-electron chi connectivity index (χ0n) is 55.8. The number of carbonyl (C=O) groups excluding carboxylic acids is 8. The molecule has 10 atom stereocenters. The summed E-state index contributed by atoms with van der Waals surface area (Å²) in [6.45, 7) is 1.52. The lowest BCUT2D eigenvalue weighted by molar-refractivity contribution is -0.145. The van der Waals surface area contributed by atoms with Crippen molar-refractivity contribution in [2.45, 2.75) is 120 Å². The molecular formula is C67H92N12O19S2. The Balaban J connectivity index is 1.40. The molecule has 0 bridgehead atoms. The van der Waals surface area contributed by atoms with Crippen molar-refractivity contribution < 1.29 is 93.3 Å². The molecule has 6 rings (SSSR count). The Bertz CT molecular complexity index is 3320. The van der Waals surface area contributed by atoms with E-state index in [2.05, 4.69) is 37.2 Å². The van der Waals surface area contributed by atoms with E-state index in [4.69, 9.17) is 5.73 Å². The molecule has 1 aliphatic carbocycles. The molecule has 2 heterocycles. The van der Waals surface area contributed by atoms with Gasteiger partial charge in [-0.1, -0.05) is 94.4 Å². The lowest BCUT2D eigenvalue weighted by Gasteiger charge is -2.33. The lowest BCUT2D eigenvalue weighted by Crippen LogP contribution is -2.62. The van der Waals surface area contributed by atoms with Crippen LogP contribution in [0.15, 0.2) is 84.9 Å². The Kier molecular flexibility index (Phi) is 32.7. The van der Waals surface area contributed by atoms with Crippen molar-refractivity contribution in [3.63, 3.8) is 0 Å². The third kappa shape index (κ3) is 26.9. The fourth-order valence-electron chi connectivity index (χ4n) is 11.6. The Morgan fingerprint density at radius 2 is 1.16 bits per heavy atom. The number of phenols is 1. The molecule has 0 spiro atoms. The number of phenolic OH excluding ortho intramolecular Hbond substituents is 1. The first-order chi connectivity index (χ1) is 47.7. The van der Waals surface area contributed by atoms with Gasteiger partial charge in [0.25, 0.3) is 0 Å². The SMILES string of the molecule is C[C@@H](O)[C@H](NC(=O)[C@@H]1CSSC[C@H](NC(=O)[C@@H](Cc2ccccc2)NC(=O)CN2CCN(CC(=O)O)CCN(CC(=O)O)CCN(CC(=O)O)CC2)C(=O)C[C@@H](Cc2ccc(O)cc2)C(=O)N[C@H](CC2=CCc3ccccc32)C(=O)N[C@@H](CCCCN)C(=O)N[C@@H]([C@@H](C)O)C(=O)N1)C(=O)O. The van der Waals surface area contributed by atoms with Crippen LogP contribution < -0.4 is 43.0 Å². The van der Waals surface area contributed by atoms with E-state index in [1.165, 1.54) is 31.2 Å². The summed E-state index contributed by atoms with van der Waals surface area (Å²) < 4.78 is 0. The summed E-state index contributed by atoms with van der Waals surface area (Å²) in [5.74, 6) is -14.6. The van der Waals surface area contributed by atoms with Gasteiger partial charge in [-0.15, -0.1) is 0 Å². The van der Waals surface area contributed by atoms with Crippen LogP contribution >= 0.6 is 21.6 Å². The number of rotatable bonds is 26. The van der Waals surface area contributed by atoms with E-state index in [9.17, 15) is 74.1 Å². The highest BCUT2D eigenvalue weighted by molar-refractivity contribution is 8.76. The van der Waals surface area contributed by atoms with Crippen LogP contribution in [-0.4, -0.2) is 277 Å². The summed E-state index contributed by atoms with van der Waals surface area (Å²) in [7, 11) is 1.74. The minimum absolute atomic E-state index is 0.0536. The first kappa shape index (κ1) is 80.4. The maximum absolute atomic E-state index is 15.4. The molecule has 546 valence electrons. The van der Waals surface area contributed by atoms with Crippen LogP contribution in [0, 0.1) is 5.92 Å². The molecule has 2 aliphatic heterocycles. The minimum Gasteiger partial charge on any atom is -0.508 e. The smallest absolute Gasteiger partial charge is 0.328 e. The molecular weight excluding hydrogens is 1340 g/mol. The summed E-state index contributed by atoms with van der Waals surface area (Å²) in [4.78, 5) is 173. The standard InChI is InChI=1S/C67H92N12O19S2/c1-40(80)59-66(96)73-53(65(95)75-60(41(2)81)67(97)98)39-100-99-38-52(72-63(93)50(31-42-10-4-3-5-11-42)69-55(84)34-76-22-24-77(35-56(85)86)26-28-79(37-58(89)90)29-27-78(25-23-76)36-57(87)88)54(83)33-46(30-43-15-19-47(82)20-16-43)61(91)71-51(32-45-18-17-44-12-6-7-13-48(44)45)64(94)70-49(62(92)74-59)14-8-9-21-68/h3-7,10-13,15-16,18-20,40-41,46,49-53,59-60,80-82H,8-9,14,17,21-39,68H2,1-2H3,(H,69,84)(H,70,94)(H,71,91)(H,72,93)(H,73,96)(H,74,92)(H,75,95)(H,85,86)(H,87,88)(H,89,90)(H,97,98)/t40-,41-,46-,49+,50-,51-,52+,53+,59+,60+/m1/s1. The average molecular weight is 1430 g/mol. The van der Waals surface area contributed by atoms with Gasteiger partial charge < -0.3 is 78.7 Å². The fraction of sp³-hybridized carbons (Fsp3) is 0.522. The molecule has 0 saturated carbocycles. The summed E-state index contributed by atoms with van der Waals surface area (Å²) in [5, 5.41) is 89.4. The average Bonchev–Trinajstić information content (AvgIpc) is 1.59. The third-order valence-corrected chi connectivity index (χ3v) is 19.5. The molecule has 16 N–H and O–H groups in total. The van der Waals surface area contributed by atoms with Crippen LogP contribution in [0.4, 0.5) is 0 Å². The van der Waals surface area contributed by atoms with E-state index in [0.717, 1.165) is 39.6 Å². The van der Waals surface area contributed by atoms with E-state index >= 15 is 19.2 Å². The quantitative estimate of drug-likeness (QED) is 0.0306. The Morgan fingerprint density at radius 3 is 1.72 bits per heavy atom. The van der Waals surface area contributed by atoms with E-state index in [-0.39, 0.29) is 109 Å². The number of allylic oxidation sites excluding steroid dienone is 1. The van der Waals surface area contributed by atoms with Crippen molar-refractivity contribution in [3.05, 3.63) is 107 Å². The van der Waals surface area contributed by atoms with Crippen LogP contribution in [0.25, 0.3) is 5.57 Å². The van der Waals surface area contributed by atoms with Gasteiger partial charge in [-0.25, -0.2) is 4.79 Å². The van der Waals surface area contributed by atoms with Gasteiger partial charge in [-0.3, -0.25) is 72.3 Å². The summed E-state index contributed by atoms with van der Waals surface area (Å²) in [5.41, 5.74) is 9.25. The Hall–Kier alpha value is -8.54. The van der Waals surface area contributed by atoms with Crippen molar-refractivity contribution in [2.75, 3.05) is 96.6 Å². The van der Waals surface area contributed by atoms with Crippen molar-refractivity contribution in [1.29, 1.82) is 0 Å². The highest BCUT2D eigenvalue weighted by Crippen LogP contribution is 2.31. The summed E-state index contributed by atoms with van der Waals surface area (Å²) >= 11 is 0. The maximum atomic E-state index is 15.4. The second kappa shape index (κ2) is 40.6. The number of carboxylic acids is 4. The van der Waals surface area contributed by atoms with E-state index in [1.54, 1.807) is 56.0 Å². The predicted octanol–water partition coefficient (Wildman–Crippen LogP) is -1.98. The number of nitrogens with one attached hydrogen (secondary N) is 7. The topological polar surface area (TPSA) is 470 Å². The normalized spacial score (nSPS) is 22.4. The number of aliphatic carboxylic acids is 4. The largest absolute Gasteiger partial charge is 0.508 e. The van der Waals surface area contributed by atoms with Gasteiger partial charge in [0.05, 0.1) is 44.4 Å². The number of carbonyl (C=O) groups is 12. The molecule has 33 heteroatoms. The highest BCUT2D eigenvalue weighted by Gasteiger charge is 2.38. The molecule has 2 saturated heterocycles. The zero-order chi connectivity index (χ0) is 73.0. The van der Waals surface area contributed by atoms with Crippen molar-refractivity contribution in [1.82, 2.24) is 56.8 Å². The zero-order valence-corrected chi connectivity index (χ0v) is 57.5. The predicted molar refractivity (Wildman–Crippen MR) is 369 cm³/mol. The number of aliphatic hydroxyl groups is 2. The molecule has 0 aromatic heterocycles. The van der Waals surface area contributed by atoms with Gasteiger partial charge >= 0.3 is 23.9 Å². The van der Waals surface area contributed by atoms with Crippen molar-refractivity contribution in [2.24, 2.45) is 11.7 Å². The van der Waals surface area contributed by atoms with Crippen molar-refractivity contribution in [3.8, 4) is 5.75 Å². The molecule has 3 aromatic rings. The van der Waals surface area contributed by atoms with Gasteiger partial charge in [-0.05, 0) is 92.5 Å². The van der Waals surface area contributed by atoms with Crippen LogP contribution in [0.2, 0.25) is 0 Å². The molecule has 3 aromatic carbocycles. The monoisotopic (exact) mass is 1430 g/mol. The molecule has 0 radical (unpaired) electrons. The molecule has 2 fully saturated rings. The van der Waals surface area contributed by atoms with Gasteiger partial charge in [0.1, 0.15) is 36.0 Å². The third-order valence-electron chi connectivity index (χ3n) is 17.1. The van der Waals surface area contributed by atoms with Gasteiger partial charge in [0.2, 0.25) is 41.4 Å². The van der Waals surface area contributed by atoms with Crippen LogP contribution in [0.3, 0.4) is 0 Å².